The Kier molecular flexibility index (Phi) is 6.47. The zero-order valence-electron chi connectivity index (χ0n) is 18.7. The zero-order valence-corrected chi connectivity index (χ0v) is 20.3. The number of pyridine rings is 1. The molecule has 1 atom stereocenters. The Morgan fingerprint density at radius 2 is 1.72 bits per heavy atom. The number of hydrogen-bond acceptors (Lipinski definition) is 5. The highest BCUT2D eigenvalue weighted by molar-refractivity contribution is 7.89. The van der Waals surface area contributed by atoms with Gasteiger partial charge in [0.15, 0.2) is 0 Å². The number of rotatable bonds is 4. The average molecular weight is 477 g/mol. The van der Waals surface area contributed by atoms with Crippen LogP contribution in [0.1, 0.15) is 29.5 Å². The van der Waals surface area contributed by atoms with E-state index in [1.807, 2.05) is 32.9 Å². The van der Waals surface area contributed by atoms with E-state index in [0.717, 1.165) is 22.5 Å². The van der Waals surface area contributed by atoms with Crippen LogP contribution < -0.4 is 4.90 Å². The fraction of sp³-hybridized carbons (Fsp3) is 0.478. The van der Waals surface area contributed by atoms with Gasteiger partial charge in [-0.3, -0.25) is 4.79 Å². The lowest BCUT2D eigenvalue weighted by Crippen LogP contribution is -2.54. The largest absolute Gasteiger partial charge is 0.352 e. The first kappa shape index (κ1) is 23.0. The quantitative estimate of drug-likeness (QED) is 0.677. The molecule has 9 heteroatoms. The summed E-state index contributed by atoms with van der Waals surface area (Å²) in [5.74, 6) is 0.608. The molecule has 4 rings (SSSR count). The number of aromatic nitrogens is 1. The number of amides is 1. The number of benzene rings is 1. The maximum Gasteiger partial charge on any atom is 0.244 e. The number of nitrogens with zero attached hydrogens (tertiary/aromatic N) is 4. The Morgan fingerprint density at radius 1 is 1.06 bits per heavy atom. The molecular weight excluding hydrogens is 448 g/mol. The van der Waals surface area contributed by atoms with Crippen LogP contribution in [0.25, 0.3) is 0 Å². The lowest BCUT2D eigenvalue weighted by Gasteiger charge is -2.38. The van der Waals surface area contributed by atoms with Crippen molar-refractivity contribution in [2.75, 3.05) is 37.6 Å². The number of halogens is 1. The summed E-state index contributed by atoms with van der Waals surface area (Å²) in [4.78, 5) is 21.9. The SMILES string of the molecule is Cc1cc(C)c(S(=O)(=O)N2CCCC2C(=O)N2CCN(c3ncccc3Cl)CC2)c(C)c1. The Morgan fingerprint density at radius 3 is 2.34 bits per heavy atom. The predicted octanol–water partition coefficient (Wildman–Crippen LogP) is 3.16. The molecule has 2 aliphatic heterocycles. The van der Waals surface area contributed by atoms with Gasteiger partial charge in [-0.2, -0.15) is 4.31 Å². The van der Waals surface area contributed by atoms with E-state index in [2.05, 4.69) is 9.88 Å². The molecule has 7 nitrogen and oxygen atoms in total. The number of hydrogen-bond donors (Lipinski definition) is 0. The molecule has 32 heavy (non-hydrogen) atoms. The molecular formula is C23H29ClN4O3S. The monoisotopic (exact) mass is 476 g/mol. The molecule has 0 spiro atoms. The number of sulfonamides is 1. The van der Waals surface area contributed by atoms with Gasteiger partial charge in [0.1, 0.15) is 11.9 Å². The highest BCUT2D eigenvalue weighted by Gasteiger charge is 2.42. The van der Waals surface area contributed by atoms with Crippen LogP contribution in [0.3, 0.4) is 0 Å². The van der Waals surface area contributed by atoms with Crippen molar-refractivity contribution in [3.05, 3.63) is 52.2 Å². The molecule has 2 aromatic rings. The van der Waals surface area contributed by atoms with Gasteiger partial charge in [0, 0.05) is 38.9 Å². The van der Waals surface area contributed by atoms with Crippen LogP contribution in [0, 0.1) is 20.8 Å². The molecule has 1 aromatic heterocycles. The summed E-state index contributed by atoms with van der Waals surface area (Å²) in [5, 5.41) is 0.587. The number of aryl methyl sites for hydroxylation is 3. The maximum absolute atomic E-state index is 13.6. The highest BCUT2D eigenvalue weighted by atomic mass is 35.5. The van der Waals surface area contributed by atoms with Crippen LogP contribution in [0.4, 0.5) is 5.82 Å². The van der Waals surface area contributed by atoms with Gasteiger partial charge >= 0.3 is 0 Å². The van der Waals surface area contributed by atoms with Gasteiger partial charge in [0.05, 0.1) is 9.92 Å². The van der Waals surface area contributed by atoms with Gasteiger partial charge in [0.2, 0.25) is 15.9 Å². The molecule has 1 unspecified atom stereocenters. The molecule has 2 saturated heterocycles. The Hall–Kier alpha value is -2.16. The minimum absolute atomic E-state index is 0.111. The van der Waals surface area contributed by atoms with Crippen molar-refractivity contribution >= 4 is 33.3 Å². The van der Waals surface area contributed by atoms with Crippen molar-refractivity contribution < 1.29 is 13.2 Å². The van der Waals surface area contributed by atoms with E-state index in [4.69, 9.17) is 11.6 Å². The second-order valence-corrected chi connectivity index (χ2v) is 10.9. The minimum atomic E-state index is -3.76. The number of anilines is 1. The lowest BCUT2D eigenvalue weighted by molar-refractivity contribution is -0.134. The Labute approximate surface area is 195 Å². The Balaban J connectivity index is 1.51. The Bertz CT molecular complexity index is 1110. The third-order valence-electron chi connectivity index (χ3n) is 6.29. The third-order valence-corrected chi connectivity index (χ3v) is 8.80. The van der Waals surface area contributed by atoms with Crippen LogP contribution >= 0.6 is 11.6 Å². The van der Waals surface area contributed by atoms with E-state index in [9.17, 15) is 13.2 Å². The second kappa shape index (κ2) is 9.00. The van der Waals surface area contributed by atoms with Crippen LogP contribution in [0.2, 0.25) is 5.02 Å². The summed E-state index contributed by atoms with van der Waals surface area (Å²) in [5.41, 5.74) is 2.47. The highest BCUT2D eigenvalue weighted by Crippen LogP contribution is 2.32. The van der Waals surface area contributed by atoms with Crippen LogP contribution in [-0.2, 0) is 14.8 Å². The summed E-state index contributed by atoms with van der Waals surface area (Å²) in [6, 6.07) is 6.71. The predicted molar refractivity (Wildman–Crippen MR) is 126 cm³/mol. The lowest BCUT2D eigenvalue weighted by atomic mass is 10.1. The first-order chi connectivity index (χ1) is 15.2. The van der Waals surface area contributed by atoms with E-state index in [1.54, 1.807) is 23.2 Å². The molecule has 0 bridgehead atoms. The molecule has 2 fully saturated rings. The zero-order chi connectivity index (χ0) is 23.0. The smallest absolute Gasteiger partial charge is 0.244 e. The van der Waals surface area contributed by atoms with Gasteiger partial charge in [-0.25, -0.2) is 13.4 Å². The second-order valence-electron chi connectivity index (χ2n) is 8.62. The van der Waals surface area contributed by atoms with Crippen molar-refractivity contribution in [3.63, 3.8) is 0 Å². The van der Waals surface area contributed by atoms with Crippen molar-refractivity contribution in [1.82, 2.24) is 14.2 Å². The summed E-state index contributed by atoms with van der Waals surface area (Å²) in [6.45, 7) is 8.21. The van der Waals surface area contributed by atoms with Crippen molar-refractivity contribution in [3.8, 4) is 0 Å². The molecule has 0 radical (unpaired) electrons. The molecule has 172 valence electrons. The standard InChI is InChI=1S/C23H29ClN4O3S/c1-16-14-17(2)21(18(3)15-16)32(30,31)28-9-5-7-20(28)23(29)27-12-10-26(11-13-27)22-19(24)6-4-8-25-22/h4,6,8,14-15,20H,5,7,9-13H2,1-3H3. The van der Waals surface area contributed by atoms with Crippen LogP contribution in [0.5, 0.6) is 0 Å². The van der Waals surface area contributed by atoms with Gasteiger partial charge in [0.25, 0.3) is 0 Å². The van der Waals surface area contributed by atoms with Crippen LogP contribution in [0.15, 0.2) is 35.4 Å². The molecule has 2 aliphatic rings. The fourth-order valence-corrected chi connectivity index (χ4v) is 7.23. The van der Waals surface area contributed by atoms with Crippen molar-refractivity contribution in [1.29, 1.82) is 0 Å². The number of carbonyl (C=O) groups is 1. The molecule has 0 aliphatic carbocycles. The van der Waals surface area contributed by atoms with Gasteiger partial charge in [-0.15, -0.1) is 0 Å². The fourth-order valence-electron chi connectivity index (χ4n) is 4.92. The van der Waals surface area contributed by atoms with E-state index in [0.29, 0.717) is 55.5 Å². The molecule has 0 N–H and O–H groups in total. The summed E-state index contributed by atoms with van der Waals surface area (Å²) >= 11 is 6.26. The topological polar surface area (TPSA) is 73.8 Å². The van der Waals surface area contributed by atoms with Gasteiger partial charge in [-0.05, 0) is 56.9 Å². The summed E-state index contributed by atoms with van der Waals surface area (Å²) < 4.78 is 28.6. The molecule has 3 heterocycles. The maximum atomic E-state index is 13.6. The van der Waals surface area contributed by atoms with Crippen molar-refractivity contribution in [2.45, 2.75) is 44.6 Å². The van der Waals surface area contributed by atoms with Crippen molar-refractivity contribution in [2.24, 2.45) is 0 Å². The normalized spacial score (nSPS) is 20.1. The minimum Gasteiger partial charge on any atom is -0.352 e. The number of piperazine rings is 1. The summed E-state index contributed by atoms with van der Waals surface area (Å²) in [7, 11) is -3.76. The van der Waals surface area contributed by atoms with E-state index < -0.39 is 16.1 Å². The first-order valence-corrected chi connectivity index (χ1v) is 12.8. The van der Waals surface area contributed by atoms with E-state index in [1.165, 1.54) is 4.31 Å². The molecule has 0 saturated carbocycles. The molecule has 1 amide bonds. The third kappa shape index (κ3) is 4.23. The van der Waals surface area contributed by atoms with Crippen LogP contribution in [-0.4, -0.2) is 67.3 Å². The van der Waals surface area contributed by atoms with Gasteiger partial charge < -0.3 is 9.80 Å². The summed E-state index contributed by atoms with van der Waals surface area (Å²) in [6.07, 6.45) is 2.94. The molecule has 1 aromatic carbocycles. The van der Waals surface area contributed by atoms with E-state index in [-0.39, 0.29) is 5.91 Å². The first-order valence-electron chi connectivity index (χ1n) is 10.9. The number of carbonyl (C=O) groups excluding carboxylic acids is 1. The average Bonchev–Trinajstić information content (AvgIpc) is 3.24. The van der Waals surface area contributed by atoms with Gasteiger partial charge in [-0.1, -0.05) is 29.3 Å². The van der Waals surface area contributed by atoms with E-state index >= 15 is 0 Å².